The van der Waals surface area contributed by atoms with Gasteiger partial charge < -0.3 is 9.84 Å². The molecule has 0 unspecified atom stereocenters. The highest BCUT2D eigenvalue weighted by molar-refractivity contribution is 5.49. The standard InChI is InChI=1S/C11H15NO4/c1-7-4-8(2)11(16-6-9(3)13)5-10(7)12(14)15/h4-5,9,13H,6H2,1-3H3/t9-/m0/s1. The van der Waals surface area contributed by atoms with E-state index >= 15 is 0 Å². The molecule has 0 aliphatic rings. The van der Waals surface area contributed by atoms with Crippen molar-refractivity contribution in [2.45, 2.75) is 26.9 Å². The predicted octanol–water partition coefficient (Wildman–Crippen LogP) is 1.97. The van der Waals surface area contributed by atoms with Gasteiger partial charge in [-0.05, 0) is 32.4 Å². The van der Waals surface area contributed by atoms with Gasteiger partial charge in [0.25, 0.3) is 5.69 Å². The minimum absolute atomic E-state index is 0.0335. The maximum absolute atomic E-state index is 10.7. The molecule has 1 rings (SSSR count). The van der Waals surface area contributed by atoms with Crippen LogP contribution in [0, 0.1) is 24.0 Å². The highest BCUT2D eigenvalue weighted by Gasteiger charge is 2.14. The lowest BCUT2D eigenvalue weighted by atomic mass is 10.1. The van der Waals surface area contributed by atoms with Crippen LogP contribution in [-0.2, 0) is 0 Å². The second kappa shape index (κ2) is 4.94. The number of hydrogen-bond acceptors (Lipinski definition) is 4. The summed E-state index contributed by atoms with van der Waals surface area (Å²) >= 11 is 0. The lowest BCUT2D eigenvalue weighted by Crippen LogP contribution is -2.13. The van der Waals surface area contributed by atoms with Crippen LogP contribution in [0.1, 0.15) is 18.1 Å². The SMILES string of the molecule is Cc1cc(C)c([N+](=O)[O-])cc1OC[C@H](C)O. The van der Waals surface area contributed by atoms with Crippen molar-refractivity contribution in [3.63, 3.8) is 0 Å². The average molecular weight is 225 g/mol. The number of aliphatic hydroxyl groups is 1. The third-order valence-electron chi connectivity index (χ3n) is 2.17. The van der Waals surface area contributed by atoms with E-state index < -0.39 is 11.0 Å². The highest BCUT2D eigenvalue weighted by Crippen LogP contribution is 2.28. The molecular formula is C11H15NO4. The first-order valence-corrected chi connectivity index (χ1v) is 4.98. The molecule has 1 aromatic carbocycles. The Bertz CT molecular complexity index is 401. The summed E-state index contributed by atoms with van der Waals surface area (Å²) in [6.07, 6.45) is -0.597. The molecule has 0 aromatic heterocycles. The van der Waals surface area contributed by atoms with Crippen LogP contribution in [0.2, 0.25) is 0 Å². The quantitative estimate of drug-likeness (QED) is 0.628. The Morgan fingerprint density at radius 2 is 2.06 bits per heavy atom. The van der Waals surface area contributed by atoms with Crippen LogP contribution < -0.4 is 4.74 Å². The lowest BCUT2D eigenvalue weighted by molar-refractivity contribution is -0.385. The van der Waals surface area contributed by atoms with Crippen LogP contribution in [0.25, 0.3) is 0 Å². The van der Waals surface area contributed by atoms with E-state index in [1.165, 1.54) is 6.07 Å². The van der Waals surface area contributed by atoms with Crippen LogP contribution >= 0.6 is 0 Å². The zero-order valence-electron chi connectivity index (χ0n) is 9.56. The fourth-order valence-electron chi connectivity index (χ4n) is 1.38. The molecule has 0 fully saturated rings. The van der Waals surface area contributed by atoms with Gasteiger partial charge in [0.15, 0.2) is 0 Å². The van der Waals surface area contributed by atoms with Gasteiger partial charge in [0, 0.05) is 5.56 Å². The zero-order chi connectivity index (χ0) is 12.3. The first kappa shape index (κ1) is 12.4. The number of aryl methyl sites for hydroxylation is 2. The molecular weight excluding hydrogens is 210 g/mol. The maximum atomic E-state index is 10.7. The number of rotatable bonds is 4. The number of hydrogen-bond donors (Lipinski definition) is 1. The summed E-state index contributed by atoms with van der Waals surface area (Å²) in [5, 5.41) is 19.8. The predicted molar refractivity (Wildman–Crippen MR) is 59.7 cm³/mol. The van der Waals surface area contributed by atoms with Crippen molar-refractivity contribution in [2.24, 2.45) is 0 Å². The van der Waals surface area contributed by atoms with Gasteiger partial charge in [-0.1, -0.05) is 0 Å². The Kier molecular flexibility index (Phi) is 3.84. The molecule has 88 valence electrons. The molecule has 0 saturated heterocycles. The monoisotopic (exact) mass is 225 g/mol. The second-order valence-electron chi connectivity index (χ2n) is 3.82. The number of ether oxygens (including phenoxy) is 1. The number of benzene rings is 1. The third-order valence-corrected chi connectivity index (χ3v) is 2.17. The van der Waals surface area contributed by atoms with E-state index in [0.29, 0.717) is 11.3 Å². The van der Waals surface area contributed by atoms with E-state index in [4.69, 9.17) is 9.84 Å². The molecule has 5 nitrogen and oxygen atoms in total. The molecule has 1 atom stereocenters. The molecule has 0 heterocycles. The fraction of sp³-hybridized carbons (Fsp3) is 0.455. The topological polar surface area (TPSA) is 72.6 Å². The van der Waals surface area contributed by atoms with Crippen molar-refractivity contribution in [3.05, 3.63) is 33.4 Å². The first-order chi connectivity index (χ1) is 7.41. The van der Waals surface area contributed by atoms with Crippen LogP contribution in [0.4, 0.5) is 5.69 Å². The van der Waals surface area contributed by atoms with Crippen LogP contribution in [-0.4, -0.2) is 22.7 Å². The summed E-state index contributed by atoms with van der Waals surface area (Å²) in [5.41, 5.74) is 1.46. The van der Waals surface area contributed by atoms with E-state index in [1.54, 1.807) is 19.9 Å². The van der Waals surface area contributed by atoms with E-state index in [1.807, 2.05) is 6.92 Å². The van der Waals surface area contributed by atoms with Gasteiger partial charge in [-0.3, -0.25) is 10.1 Å². The lowest BCUT2D eigenvalue weighted by Gasteiger charge is -2.11. The third kappa shape index (κ3) is 2.93. The molecule has 0 amide bonds. The largest absolute Gasteiger partial charge is 0.490 e. The van der Waals surface area contributed by atoms with Crippen molar-refractivity contribution in [1.82, 2.24) is 0 Å². The van der Waals surface area contributed by atoms with Crippen LogP contribution in [0.5, 0.6) is 5.75 Å². The van der Waals surface area contributed by atoms with Crippen LogP contribution in [0.15, 0.2) is 12.1 Å². The van der Waals surface area contributed by atoms with E-state index in [9.17, 15) is 10.1 Å². The van der Waals surface area contributed by atoms with E-state index in [-0.39, 0.29) is 12.3 Å². The summed E-state index contributed by atoms with van der Waals surface area (Å²) < 4.78 is 5.29. The molecule has 0 aliphatic carbocycles. The average Bonchev–Trinajstić information content (AvgIpc) is 2.15. The summed E-state index contributed by atoms with van der Waals surface area (Å²) in [6, 6.07) is 3.10. The molecule has 1 aromatic rings. The second-order valence-corrected chi connectivity index (χ2v) is 3.82. The Labute approximate surface area is 93.8 Å². The minimum atomic E-state index is -0.597. The Morgan fingerprint density at radius 1 is 1.44 bits per heavy atom. The molecule has 0 saturated carbocycles. The molecule has 0 aliphatic heterocycles. The highest BCUT2D eigenvalue weighted by atomic mass is 16.6. The number of nitro benzene ring substituents is 1. The molecule has 5 heteroatoms. The number of nitrogens with zero attached hydrogens (tertiary/aromatic N) is 1. The van der Waals surface area contributed by atoms with Crippen molar-refractivity contribution in [1.29, 1.82) is 0 Å². The molecule has 0 radical (unpaired) electrons. The first-order valence-electron chi connectivity index (χ1n) is 4.98. The Balaban J connectivity index is 3.00. The minimum Gasteiger partial charge on any atom is -0.490 e. The summed E-state index contributed by atoms with van der Waals surface area (Å²) in [4.78, 5) is 10.3. The van der Waals surface area contributed by atoms with E-state index in [0.717, 1.165) is 5.56 Å². The summed E-state index contributed by atoms with van der Waals surface area (Å²) in [5.74, 6) is 0.443. The normalized spacial score (nSPS) is 12.2. The van der Waals surface area contributed by atoms with Crippen molar-refractivity contribution in [3.8, 4) is 5.75 Å². The van der Waals surface area contributed by atoms with E-state index in [2.05, 4.69) is 0 Å². The van der Waals surface area contributed by atoms with Gasteiger partial charge in [-0.2, -0.15) is 0 Å². The zero-order valence-corrected chi connectivity index (χ0v) is 9.56. The fourth-order valence-corrected chi connectivity index (χ4v) is 1.38. The summed E-state index contributed by atoms with van der Waals surface area (Å²) in [6.45, 7) is 5.22. The maximum Gasteiger partial charge on any atom is 0.276 e. The molecule has 0 spiro atoms. The number of nitro groups is 1. The van der Waals surface area contributed by atoms with Gasteiger partial charge in [-0.25, -0.2) is 0 Å². The summed E-state index contributed by atoms with van der Waals surface area (Å²) in [7, 11) is 0. The molecule has 16 heavy (non-hydrogen) atoms. The molecule has 0 bridgehead atoms. The van der Waals surface area contributed by atoms with Crippen molar-refractivity contribution >= 4 is 5.69 Å². The van der Waals surface area contributed by atoms with Gasteiger partial charge in [0.05, 0.1) is 17.1 Å². The van der Waals surface area contributed by atoms with Gasteiger partial charge in [-0.15, -0.1) is 0 Å². The smallest absolute Gasteiger partial charge is 0.276 e. The number of aliphatic hydroxyl groups excluding tert-OH is 1. The van der Waals surface area contributed by atoms with Gasteiger partial charge >= 0.3 is 0 Å². The van der Waals surface area contributed by atoms with Crippen molar-refractivity contribution in [2.75, 3.05) is 6.61 Å². The Morgan fingerprint density at radius 3 is 2.56 bits per heavy atom. The van der Waals surface area contributed by atoms with Gasteiger partial charge in [0.1, 0.15) is 12.4 Å². The van der Waals surface area contributed by atoms with Gasteiger partial charge in [0.2, 0.25) is 0 Å². The Hall–Kier alpha value is -1.62. The van der Waals surface area contributed by atoms with Crippen LogP contribution in [0.3, 0.4) is 0 Å². The van der Waals surface area contributed by atoms with Crippen molar-refractivity contribution < 1.29 is 14.8 Å². The molecule has 1 N–H and O–H groups in total.